The molecule has 0 spiro atoms. The molecular weight excluding hydrogens is 248 g/mol. The molecule has 1 aliphatic rings. The van der Waals surface area contributed by atoms with E-state index in [0.29, 0.717) is 5.02 Å². The molecule has 1 aromatic rings. The Morgan fingerprint density at radius 1 is 1.39 bits per heavy atom. The first-order valence-electron chi connectivity index (χ1n) is 6.67. The van der Waals surface area contributed by atoms with Crippen molar-refractivity contribution in [2.24, 2.45) is 5.92 Å². The van der Waals surface area contributed by atoms with Crippen LogP contribution in [-0.2, 0) is 6.61 Å². The zero-order chi connectivity index (χ0) is 13.0. The van der Waals surface area contributed by atoms with Crippen LogP contribution in [-0.4, -0.2) is 23.7 Å². The number of rotatable bonds is 4. The van der Waals surface area contributed by atoms with Crippen molar-refractivity contribution in [2.45, 2.75) is 38.7 Å². The van der Waals surface area contributed by atoms with Crippen LogP contribution < -0.4 is 4.90 Å². The molecule has 1 fully saturated rings. The van der Waals surface area contributed by atoms with Crippen molar-refractivity contribution in [3.05, 3.63) is 22.8 Å². The zero-order valence-corrected chi connectivity index (χ0v) is 11.7. The minimum absolute atomic E-state index is 0.0145. The van der Waals surface area contributed by atoms with E-state index in [1.807, 2.05) is 7.05 Å². The summed E-state index contributed by atoms with van der Waals surface area (Å²) in [6.45, 7) is 1.00. The van der Waals surface area contributed by atoms with Gasteiger partial charge in [0.15, 0.2) is 0 Å². The number of pyridine rings is 1. The summed E-state index contributed by atoms with van der Waals surface area (Å²) in [4.78, 5) is 6.49. The highest BCUT2D eigenvalue weighted by Crippen LogP contribution is 2.28. The molecule has 1 aliphatic carbocycles. The summed E-state index contributed by atoms with van der Waals surface area (Å²) in [7, 11) is 2.04. The minimum atomic E-state index is -0.0145. The number of nitrogens with zero attached hydrogens (tertiary/aromatic N) is 2. The second-order valence-corrected chi connectivity index (χ2v) is 5.60. The molecule has 0 saturated heterocycles. The van der Waals surface area contributed by atoms with Crippen molar-refractivity contribution < 1.29 is 5.11 Å². The van der Waals surface area contributed by atoms with E-state index in [9.17, 15) is 0 Å². The number of hydrogen-bond acceptors (Lipinski definition) is 3. The molecule has 0 amide bonds. The average Bonchev–Trinajstić information content (AvgIpc) is 2.39. The lowest BCUT2D eigenvalue weighted by Gasteiger charge is -2.28. The summed E-state index contributed by atoms with van der Waals surface area (Å²) in [5.41, 5.74) is 0.759. The molecule has 1 N–H and O–H groups in total. The Morgan fingerprint density at radius 3 is 2.72 bits per heavy atom. The first-order chi connectivity index (χ1) is 8.70. The van der Waals surface area contributed by atoms with Gasteiger partial charge in [0.1, 0.15) is 5.82 Å². The average molecular weight is 269 g/mol. The molecule has 0 aromatic carbocycles. The Hall–Kier alpha value is -0.800. The highest BCUT2D eigenvalue weighted by atomic mass is 35.5. The van der Waals surface area contributed by atoms with E-state index in [0.717, 1.165) is 23.8 Å². The summed E-state index contributed by atoms with van der Waals surface area (Å²) in [5, 5.41) is 9.67. The van der Waals surface area contributed by atoms with Gasteiger partial charge >= 0.3 is 0 Å². The van der Waals surface area contributed by atoms with Crippen molar-refractivity contribution in [3.63, 3.8) is 0 Å². The van der Waals surface area contributed by atoms with Crippen molar-refractivity contribution >= 4 is 17.4 Å². The Morgan fingerprint density at radius 2 is 2.11 bits per heavy atom. The molecular formula is C14H21ClN2O. The van der Waals surface area contributed by atoms with Gasteiger partial charge in [-0.15, -0.1) is 0 Å². The summed E-state index contributed by atoms with van der Waals surface area (Å²) in [5.74, 6) is 1.58. The van der Waals surface area contributed by atoms with Crippen LogP contribution in [0.25, 0.3) is 0 Å². The minimum Gasteiger partial charge on any atom is -0.392 e. The monoisotopic (exact) mass is 268 g/mol. The van der Waals surface area contributed by atoms with Gasteiger partial charge in [0, 0.05) is 19.8 Å². The van der Waals surface area contributed by atoms with Gasteiger partial charge < -0.3 is 10.0 Å². The van der Waals surface area contributed by atoms with Crippen LogP contribution >= 0.6 is 11.6 Å². The zero-order valence-electron chi connectivity index (χ0n) is 10.9. The topological polar surface area (TPSA) is 36.4 Å². The third-order valence-corrected chi connectivity index (χ3v) is 3.96. The van der Waals surface area contributed by atoms with Gasteiger partial charge in [0.05, 0.1) is 11.6 Å². The normalized spacial score (nSPS) is 16.8. The highest BCUT2D eigenvalue weighted by molar-refractivity contribution is 6.33. The van der Waals surface area contributed by atoms with Crippen LogP contribution in [0, 0.1) is 5.92 Å². The molecule has 1 aromatic heterocycles. The lowest BCUT2D eigenvalue weighted by molar-refractivity contribution is 0.281. The smallest absolute Gasteiger partial charge is 0.147 e. The van der Waals surface area contributed by atoms with Gasteiger partial charge in [0.25, 0.3) is 0 Å². The first kappa shape index (κ1) is 13.6. The van der Waals surface area contributed by atoms with E-state index in [1.165, 1.54) is 32.1 Å². The summed E-state index contributed by atoms with van der Waals surface area (Å²) >= 11 is 6.21. The van der Waals surface area contributed by atoms with Gasteiger partial charge in [-0.2, -0.15) is 0 Å². The van der Waals surface area contributed by atoms with Crippen LogP contribution in [0.1, 0.15) is 37.7 Å². The molecule has 0 atom stereocenters. The number of anilines is 1. The van der Waals surface area contributed by atoms with Gasteiger partial charge in [-0.25, -0.2) is 4.98 Å². The molecule has 0 bridgehead atoms. The second-order valence-electron chi connectivity index (χ2n) is 5.19. The van der Waals surface area contributed by atoms with Crippen LogP contribution in [0.2, 0.25) is 5.02 Å². The highest BCUT2D eigenvalue weighted by Gasteiger charge is 2.17. The molecule has 18 heavy (non-hydrogen) atoms. The third-order valence-electron chi connectivity index (χ3n) is 3.68. The van der Waals surface area contributed by atoms with Crippen molar-refractivity contribution in [3.8, 4) is 0 Å². The third kappa shape index (κ3) is 3.36. The lowest BCUT2D eigenvalue weighted by atomic mass is 9.89. The SMILES string of the molecule is CN(CC1CCCCC1)c1ncc(CO)cc1Cl. The number of halogens is 1. The summed E-state index contributed by atoms with van der Waals surface area (Å²) in [6, 6.07) is 1.79. The van der Waals surface area contributed by atoms with E-state index in [1.54, 1.807) is 12.3 Å². The van der Waals surface area contributed by atoms with E-state index in [-0.39, 0.29) is 6.61 Å². The predicted molar refractivity (Wildman–Crippen MR) is 75.0 cm³/mol. The maximum Gasteiger partial charge on any atom is 0.147 e. The van der Waals surface area contributed by atoms with Gasteiger partial charge in [0.2, 0.25) is 0 Å². The first-order valence-corrected chi connectivity index (χ1v) is 7.05. The van der Waals surface area contributed by atoms with Gasteiger partial charge in [-0.1, -0.05) is 30.9 Å². The van der Waals surface area contributed by atoms with Crippen LogP contribution in [0.3, 0.4) is 0 Å². The fraction of sp³-hybridized carbons (Fsp3) is 0.643. The lowest BCUT2D eigenvalue weighted by Crippen LogP contribution is -2.27. The summed E-state index contributed by atoms with van der Waals surface area (Å²) in [6.07, 6.45) is 8.41. The molecule has 100 valence electrons. The number of hydrogen-bond donors (Lipinski definition) is 1. The second kappa shape index (κ2) is 6.39. The maximum absolute atomic E-state index is 9.04. The van der Waals surface area contributed by atoms with Gasteiger partial charge in [-0.05, 0) is 30.4 Å². The molecule has 0 unspecified atom stereocenters. The van der Waals surface area contributed by atoms with E-state index in [2.05, 4.69) is 9.88 Å². The van der Waals surface area contributed by atoms with E-state index >= 15 is 0 Å². The Balaban J connectivity index is 2.01. The molecule has 4 heteroatoms. The van der Waals surface area contributed by atoms with E-state index < -0.39 is 0 Å². The Kier molecular flexibility index (Phi) is 4.84. The fourth-order valence-electron chi connectivity index (χ4n) is 2.68. The standard InChI is InChI=1S/C14H21ClN2O/c1-17(9-11-5-3-2-4-6-11)14-13(15)7-12(10-18)8-16-14/h7-8,11,18H,2-6,9-10H2,1H3. The van der Waals surface area contributed by atoms with Crippen molar-refractivity contribution in [1.29, 1.82) is 0 Å². The molecule has 0 aliphatic heterocycles. The maximum atomic E-state index is 9.04. The number of aliphatic hydroxyl groups excluding tert-OH is 1. The quantitative estimate of drug-likeness (QED) is 0.911. The number of aliphatic hydroxyl groups is 1. The van der Waals surface area contributed by atoms with Gasteiger partial charge in [-0.3, -0.25) is 0 Å². The molecule has 1 saturated carbocycles. The number of aromatic nitrogens is 1. The largest absolute Gasteiger partial charge is 0.392 e. The fourth-order valence-corrected chi connectivity index (χ4v) is 3.01. The Bertz CT molecular complexity index is 391. The molecule has 2 rings (SSSR count). The summed E-state index contributed by atoms with van der Waals surface area (Å²) < 4.78 is 0. The van der Waals surface area contributed by atoms with Crippen LogP contribution in [0.15, 0.2) is 12.3 Å². The predicted octanol–water partition coefficient (Wildman–Crippen LogP) is 3.24. The van der Waals surface area contributed by atoms with Crippen molar-refractivity contribution in [1.82, 2.24) is 4.98 Å². The Labute approximate surface area is 114 Å². The van der Waals surface area contributed by atoms with Crippen LogP contribution in [0.4, 0.5) is 5.82 Å². The van der Waals surface area contributed by atoms with E-state index in [4.69, 9.17) is 16.7 Å². The molecule has 1 heterocycles. The van der Waals surface area contributed by atoms with Crippen molar-refractivity contribution in [2.75, 3.05) is 18.5 Å². The molecule has 0 radical (unpaired) electrons. The van der Waals surface area contributed by atoms with Crippen LogP contribution in [0.5, 0.6) is 0 Å². The molecule has 3 nitrogen and oxygen atoms in total.